The highest BCUT2D eigenvalue weighted by Crippen LogP contribution is 2.45. The SMILES string of the molecule is CCO[Si](OCC)(OCC)C(C)P(CC)CC. The van der Waals surface area contributed by atoms with Gasteiger partial charge in [-0.25, -0.2) is 0 Å². The second-order valence-corrected chi connectivity index (χ2v) is 10.4. The van der Waals surface area contributed by atoms with E-state index in [4.69, 9.17) is 13.3 Å². The van der Waals surface area contributed by atoms with Gasteiger partial charge in [0.2, 0.25) is 0 Å². The van der Waals surface area contributed by atoms with Crippen molar-refractivity contribution in [3.05, 3.63) is 0 Å². The Balaban J connectivity index is 4.94. The van der Waals surface area contributed by atoms with E-state index in [1.807, 2.05) is 20.8 Å². The summed E-state index contributed by atoms with van der Waals surface area (Å²) in [7, 11) is -2.53. The Hall–Kier alpha value is 0.527. The highest BCUT2D eigenvalue weighted by Gasteiger charge is 2.49. The molecule has 5 heteroatoms. The van der Waals surface area contributed by atoms with Gasteiger partial charge >= 0.3 is 8.80 Å². The maximum atomic E-state index is 5.97. The molecular weight excluding hydrogens is 251 g/mol. The Kier molecular flexibility index (Phi) is 9.75. The van der Waals surface area contributed by atoms with Gasteiger partial charge in [-0.05, 0) is 33.1 Å². The van der Waals surface area contributed by atoms with Gasteiger partial charge in [-0.15, -0.1) is 0 Å². The molecule has 0 aromatic rings. The topological polar surface area (TPSA) is 27.7 Å². The van der Waals surface area contributed by atoms with Crippen LogP contribution in [0.25, 0.3) is 0 Å². The predicted molar refractivity (Wildman–Crippen MR) is 78.1 cm³/mol. The van der Waals surface area contributed by atoms with Gasteiger partial charge < -0.3 is 13.3 Å². The minimum atomic E-state index is -2.48. The average Bonchev–Trinajstić information content (AvgIpc) is 2.31. The molecule has 17 heavy (non-hydrogen) atoms. The Labute approximate surface area is 109 Å². The van der Waals surface area contributed by atoms with Crippen LogP contribution in [0.5, 0.6) is 0 Å². The molecule has 104 valence electrons. The van der Waals surface area contributed by atoms with Crippen molar-refractivity contribution in [2.75, 3.05) is 32.1 Å². The number of hydrogen-bond donors (Lipinski definition) is 0. The second-order valence-electron chi connectivity index (χ2n) is 3.80. The van der Waals surface area contributed by atoms with Crippen molar-refractivity contribution in [2.24, 2.45) is 0 Å². The minimum Gasteiger partial charge on any atom is -0.373 e. The molecule has 0 bridgehead atoms. The first kappa shape index (κ1) is 17.5. The molecule has 1 unspecified atom stereocenters. The summed E-state index contributed by atoms with van der Waals surface area (Å²) in [5.41, 5.74) is 0. The van der Waals surface area contributed by atoms with E-state index in [1.54, 1.807) is 0 Å². The molecule has 0 amide bonds. The van der Waals surface area contributed by atoms with Gasteiger partial charge in [0.25, 0.3) is 0 Å². The van der Waals surface area contributed by atoms with Gasteiger partial charge in [0.15, 0.2) is 0 Å². The summed E-state index contributed by atoms with van der Waals surface area (Å²) in [5.74, 6) is 0. The zero-order valence-corrected chi connectivity index (χ0v) is 14.2. The van der Waals surface area contributed by atoms with Crippen LogP contribution in [0.15, 0.2) is 0 Å². The monoisotopic (exact) mass is 280 g/mol. The third-order valence-corrected chi connectivity index (χ3v) is 10.8. The molecule has 0 saturated heterocycles. The molecule has 0 heterocycles. The molecule has 0 aromatic heterocycles. The van der Waals surface area contributed by atoms with Gasteiger partial charge in [-0.3, -0.25) is 0 Å². The first-order chi connectivity index (χ1) is 8.11. The van der Waals surface area contributed by atoms with E-state index < -0.39 is 8.80 Å². The maximum Gasteiger partial charge on any atom is 0.508 e. The zero-order valence-electron chi connectivity index (χ0n) is 12.3. The molecule has 0 fully saturated rings. The number of rotatable bonds is 10. The zero-order chi connectivity index (χ0) is 13.3. The van der Waals surface area contributed by atoms with Crippen LogP contribution < -0.4 is 0 Å². The standard InChI is InChI=1S/C12H29O3PSi/c1-7-13-17(14-8-2,15-9-3)12(6)16(10-4)11-5/h12H,7-11H2,1-6H3. The first-order valence-electron chi connectivity index (χ1n) is 6.77. The van der Waals surface area contributed by atoms with E-state index >= 15 is 0 Å². The molecule has 0 aliphatic heterocycles. The third-order valence-electron chi connectivity index (χ3n) is 2.91. The highest BCUT2D eigenvalue weighted by molar-refractivity contribution is 7.60. The third kappa shape index (κ3) is 4.96. The summed E-state index contributed by atoms with van der Waals surface area (Å²) < 4.78 is 17.9. The fraction of sp³-hybridized carbons (Fsp3) is 1.00. The van der Waals surface area contributed by atoms with Crippen LogP contribution in [0.1, 0.15) is 41.5 Å². The van der Waals surface area contributed by atoms with Crippen LogP contribution in [0.2, 0.25) is 0 Å². The number of hydrogen-bond acceptors (Lipinski definition) is 3. The average molecular weight is 280 g/mol. The van der Waals surface area contributed by atoms with E-state index in [0.29, 0.717) is 25.1 Å². The molecule has 1 atom stereocenters. The molecule has 3 nitrogen and oxygen atoms in total. The van der Waals surface area contributed by atoms with Crippen molar-refractivity contribution in [1.29, 1.82) is 0 Å². The fourth-order valence-corrected chi connectivity index (χ4v) is 9.36. The van der Waals surface area contributed by atoms with E-state index in [0.717, 1.165) is 0 Å². The van der Waals surface area contributed by atoms with Gasteiger partial charge in [0, 0.05) is 25.1 Å². The highest BCUT2D eigenvalue weighted by atomic mass is 31.1. The summed E-state index contributed by atoms with van der Waals surface area (Å²) in [6.45, 7) is 14.9. The summed E-state index contributed by atoms with van der Waals surface area (Å²) in [6, 6.07) is 0. The lowest BCUT2D eigenvalue weighted by molar-refractivity contribution is 0.0703. The van der Waals surface area contributed by atoms with Crippen molar-refractivity contribution in [1.82, 2.24) is 0 Å². The van der Waals surface area contributed by atoms with E-state index in [-0.39, 0.29) is 7.92 Å². The van der Waals surface area contributed by atoms with Crippen LogP contribution in [0, 0.1) is 0 Å². The maximum absolute atomic E-state index is 5.97. The van der Waals surface area contributed by atoms with Crippen molar-refractivity contribution in [3.63, 3.8) is 0 Å². The minimum absolute atomic E-state index is 0.0533. The molecular formula is C12H29O3PSi. The van der Waals surface area contributed by atoms with E-state index in [1.165, 1.54) is 12.3 Å². The molecule has 0 spiro atoms. The Morgan fingerprint density at radius 3 is 1.41 bits per heavy atom. The molecule has 0 aliphatic carbocycles. The normalized spacial score (nSPS) is 14.3. The Morgan fingerprint density at radius 1 is 0.824 bits per heavy atom. The first-order valence-corrected chi connectivity index (χ1v) is 10.4. The Morgan fingerprint density at radius 2 is 1.18 bits per heavy atom. The van der Waals surface area contributed by atoms with Crippen LogP contribution in [-0.4, -0.2) is 46.2 Å². The molecule has 0 saturated carbocycles. The van der Waals surface area contributed by atoms with E-state index in [9.17, 15) is 0 Å². The predicted octanol–water partition coefficient (Wildman–Crippen LogP) is 3.48. The van der Waals surface area contributed by atoms with Crippen LogP contribution in [-0.2, 0) is 13.3 Å². The molecule has 0 aromatic carbocycles. The fourth-order valence-electron chi connectivity index (χ4n) is 2.09. The summed E-state index contributed by atoms with van der Waals surface area (Å²) in [5, 5.41) is 0.437. The molecule has 0 radical (unpaired) electrons. The lowest BCUT2D eigenvalue weighted by atomic mass is 10.9. The van der Waals surface area contributed by atoms with Crippen molar-refractivity contribution >= 4 is 16.7 Å². The summed E-state index contributed by atoms with van der Waals surface area (Å²) in [4.78, 5) is 0. The van der Waals surface area contributed by atoms with Gasteiger partial charge in [0.1, 0.15) is 0 Å². The van der Waals surface area contributed by atoms with Crippen molar-refractivity contribution < 1.29 is 13.3 Å². The van der Waals surface area contributed by atoms with Gasteiger partial charge in [-0.2, -0.15) is 0 Å². The largest absolute Gasteiger partial charge is 0.508 e. The van der Waals surface area contributed by atoms with Gasteiger partial charge in [-0.1, -0.05) is 28.7 Å². The lowest BCUT2D eigenvalue weighted by Crippen LogP contribution is -2.55. The van der Waals surface area contributed by atoms with Crippen molar-refractivity contribution in [2.45, 2.75) is 46.8 Å². The van der Waals surface area contributed by atoms with Crippen LogP contribution in [0.3, 0.4) is 0 Å². The van der Waals surface area contributed by atoms with Crippen LogP contribution in [0.4, 0.5) is 0 Å². The smallest absolute Gasteiger partial charge is 0.373 e. The van der Waals surface area contributed by atoms with Crippen molar-refractivity contribution in [3.8, 4) is 0 Å². The molecule has 0 aliphatic rings. The van der Waals surface area contributed by atoms with Crippen LogP contribution >= 0.6 is 7.92 Å². The summed E-state index contributed by atoms with van der Waals surface area (Å²) in [6.07, 6.45) is 2.43. The lowest BCUT2D eigenvalue weighted by Gasteiger charge is -2.37. The molecule has 0 rings (SSSR count). The van der Waals surface area contributed by atoms with Gasteiger partial charge in [0.05, 0.1) is 0 Å². The Bertz CT molecular complexity index is 172. The molecule has 0 N–H and O–H groups in total. The quantitative estimate of drug-likeness (QED) is 0.453. The summed E-state index contributed by atoms with van der Waals surface area (Å²) >= 11 is 0. The second kappa shape index (κ2) is 9.46. The van der Waals surface area contributed by atoms with E-state index in [2.05, 4.69) is 20.8 Å².